The van der Waals surface area contributed by atoms with E-state index in [2.05, 4.69) is 15.4 Å². The second-order valence-corrected chi connectivity index (χ2v) is 5.55. The fourth-order valence-corrected chi connectivity index (χ4v) is 2.56. The van der Waals surface area contributed by atoms with Crippen molar-refractivity contribution < 1.29 is 4.79 Å². The SMILES string of the molecule is O=C1Nc2ccccc2CN1/N=C/c1cnc(Cl)s1. The molecule has 0 unspecified atom stereocenters. The molecule has 1 aliphatic rings. The first-order chi connectivity index (χ1) is 9.22. The molecule has 1 aliphatic heterocycles. The topological polar surface area (TPSA) is 57.6 Å². The molecule has 0 radical (unpaired) electrons. The third kappa shape index (κ3) is 2.59. The smallest absolute Gasteiger partial charge is 0.306 e. The molecule has 2 aromatic rings. The van der Waals surface area contributed by atoms with Gasteiger partial charge in [0.15, 0.2) is 4.47 Å². The van der Waals surface area contributed by atoms with Gasteiger partial charge >= 0.3 is 6.03 Å². The van der Waals surface area contributed by atoms with E-state index in [1.165, 1.54) is 16.3 Å². The number of fused-ring (bicyclic) bond motifs is 1. The largest absolute Gasteiger partial charge is 0.342 e. The maximum Gasteiger partial charge on any atom is 0.342 e. The van der Waals surface area contributed by atoms with E-state index in [0.29, 0.717) is 11.0 Å². The summed E-state index contributed by atoms with van der Waals surface area (Å²) in [6, 6.07) is 7.40. The van der Waals surface area contributed by atoms with Crippen molar-refractivity contribution in [2.24, 2.45) is 5.10 Å². The minimum absolute atomic E-state index is 0.245. The Kier molecular flexibility index (Phi) is 3.18. The Morgan fingerprint density at radius 3 is 3.11 bits per heavy atom. The van der Waals surface area contributed by atoms with Crippen LogP contribution in [-0.4, -0.2) is 22.2 Å². The number of nitrogens with one attached hydrogen (secondary N) is 1. The van der Waals surface area contributed by atoms with E-state index in [0.717, 1.165) is 16.1 Å². The van der Waals surface area contributed by atoms with Crippen molar-refractivity contribution in [2.45, 2.75) is 6.54 Å². The van der Waals surface area contributed by atoms with Crippen LogP contribution < -0.4 is 5.32 Å². The molecule has 2 amide bonds. The standard InChI is InChI=1S/C12H9ClN4OS/c13-11-14-5-9(19-11)6-15-17-7-8-3-1-2-4-10(8)16-12(17)18/h1-6H,7H2,(H,16,18)/b15-6+. The number of hydrogen-bond acceptors (Lipinski definition) is 4. The molecule has 1 aromatic carbocycles. The summed E-state index contributed by atoms with van der Waals surface area (Å²) >= 11 is 7.04. The average molecular weight is 293 g/mol. The lowest BCUT2D eigenvalue weighted by Crippen LogP contribution is -2.34. The highest BCUT2D eigenvalue weighted by molar-refractivity contribution is 7.17. The highest BCUT2D eigenvalue weighted by atomic mass is 35.5. The Hall–Kier alpha value is -1.92. The van der Waals surface area contributed by atoms with Crippen molar-refractivity contribution in [2.75, 3.05) is 5.32 Å². The van der Waals surface area contributed by atoms with Gasteiger partial charge in [-0.3, -0.25) is 0 Å². The van der Waals surface area contributed by atoms with Crippen molar-refractivity contribution in [3.05, 3.63) is 45.4 Å². The molecule has 0 saturated heterocycles. The lowest BCUT2D eigenvalue weighted by atomic mass is 10.1. The maximum absolute atomic E-state index is 11.8. The van der Waals surface area contributed by atoms with Crippen LogP contribution in [0, 0.1) is 0 Å². The number of benzene rings is 1. The van der Waals surface area contributed by atoms with E-state index in [-0.39, 0.29) is 6.03 Å². The van der Waals surface area contributed by atoms with Gasteiger partial charge in [-0.25, -0.2) is 14.8 Å². The molecular weight excluding hydrogens is 284 g/mol. The number of halogens is 1. The van der Waals surface area contributed by atoms with Crippen molar-refractivity contribution in [3.8, 4) is 0 Å². The van der Waals surface area contributed by atoms with Crippen LogP contribution in [0.25, 0.3) is 0 Å². The second kappa shape index (κ2) is 4.99. The molecule has 19 heavy (non-hydrogen) atoms. The van der Waals surface area contributed by atoms with Gasteiger partial charge in [-0.1, -0.05) is 29.8 Å². The van der Waals surface area contributed by atoms with Crippen molar-refractivity contribution in [1.29, 1.82) is 0 Å². The number of rotatable bonds is 2. The molecule has 96 valence electrons. The Morgan fingerprint density at radius 1 is 1.47 bits per heavy atom. The molecule has 0 bridgehead atoms. The van der Waals surface area contributed by atoms with E-state index in [9.17, 15) is 4.79 Å². The van der Waals surface area contributed by atoms with Crippen LogP contribution in [0.2, 0.25) is 4.47 Å². The number of carbonyl (C=O) groups is 1. The van der Waals surface area contributed by atoms with E-state index in [4.69, 9.17) is 11.6 Å². The summed E-state index contributed by atoms with van der Waals surface area (Å²) in [6.45, 7) is 0.449. The monoisotopic (exact) mass is 292 g/mol. The molecule has 2 heterocycles. The number of carbonyl (C=O) groups excluding carboxylic acids is 1. The third-order valence-corrected chi connectivity index (χ3v) is 3.68. The molecule has 0 spiro atoms. The molecule has 0 fully saturated rings. The Labute approximate surface area is 118 Å². The number of anilines is 1. The Bertz CT molecular complexity index is 655. The van der Waals surface area contributed by atoms with Gasteiger partial charge in [0.25, 0.3) is 0 Å². The number of urea groups is 1. The second-order valence-electron chi connectivity index (χ2n) is 3.91. The molecule has 0 saturated carbocycles. The van der Waals surface area contributed by atoms with E-state index < -0.39 is 0 Å². The van der Waals surface area contributed by atoms with Crippen LogP contribution in [0.3, 0.4) is 0 Å². The number of aromatic nitrogens is 1. The van der Waals surface area contributed by atoms with Gasteiger partial charge in [-0.15, -0.1) is 11.3 Å². The zero-order valence-electron chi connectivity index (χ0n) is 9.71. The molecule has 0 aliphatic carbocycles. The van der Waals surface area contributed by atoms with E-state index in [1.54, 1.807) is 12.4 Å². The summed E-state index contributed by atoms with van der Waals surface area (Å²) in [7, 11) is 0. The summed E-state index contributed by atoms with van der Waals surface area (Å²) in [5.74, 6) is 0. The summed E-state index contributed by atoms with van der Waals surface area (Å²) in [6.07, 6.45) is 3.20. The zero-order valence-corrected chi connectivity index (χ0v) is 11.3. The third-order valence-electron chi connectivity index (χ3n) is 2.63. The number of hydrogen-bond donors (Lipinski definition) is 1. The number of para-hydroxylation sites is 1. The molecular formula is C12H9ClN4OS. The number of hydrazone groups is 1. The molecule has 1 N–H and O–H groups in total. The highest BCUT2D eigenvalue weighted by Crippen LogP contribution is 2.23. The quantitative estimate of drug-likeness (QED) is 0.864. The molecule has 0 atom stereocenters. The van der Waals surface area contributed by atoms with Crippen molar-refractivity contribution in [1.82, 2.24) is 9.99 Å². The Balaban J connectivity index is 1.79. The van der Waals surface area contributed by atoms with Crippen LogP contribution in [0.4, 0.5) is 10.5 Å². The predicted octanol–water partition coefficient (Wildman–Crippen LogP) is 3.18. The van der Waals surface area contributed by atoms with Gasteiger partial charge in [0, 0.05) is 11.9 Å². The normalized spacial score (nSPS) is 14.6. The van der Waals surface area contributed by atoms with Crippen molar-refractivity contribution in [3.63, 3.8) is 0 Å². The van der Waals surface area contributed by atoms with Crippen LogP contribution >= 0.6 is 22.9 Å². The van der Waals surface area contributed by atoms with E-state index >= 15 is 0 Å². The number of thiazole rings is 1. The Morgan fingerprint density at radius 2 is 2.32 bits per heavy atom. The fraction of sp³-hybridized carbons (Fsp3) is 0.0833. The van der Waals surface area contributed by atoms with Gasteiger partial charge in [0.1, 0.15) is 0 Å². The molecule has 1 aromatic heterocycles. The molecule has 5 nitrogen and oxygen atoms in total. The first-order valence-corrected chi connectivity index (χ1v) is 6.73. The first-order valence-electron chi connectivity index (χ1n) is 5.54. The lowest BCUT2D eigenvalue weighted by molar-refractivity contribution is 0.209. The summed E-state index contributed by atoms with van der Waals surface area (Å²) < 4.78 is 0.454. The highest BCUT2D eigenvalue weighted by Gasteiger charge is 2.21. The zero-order chi connectivity index (χ0) is 13.2. The van der Waals surface area contributed by atoms with E-state index in [1.807, 2.05) is 24.3 Å². The predicted molar refractivity (Wildman–Crippen MR) is 75.7 cm³/mol. The van der Waals surface area contributed by atoms with Gasteiger partial charge in [0.2, 0.25) is 0 Å². The molecule has 3 rings (SSSR count). The number of amides is 2. The average Bonchev–Trinajstić information content (AvgIpc) is 2.82. The van der Waals surface area contributed by atoms with Gasteiger partial charge < -0.3 is 5.32 Å². The molecule has 7 heteroatoms. The van der Waals surface area contributed by atoms with Crippen LogP contribution in [0.1, 0.15) is 10.4 Å². The van der Waals surface area contributed by atoms with Crippen LogP contribution in [0.5, 0.6) is 0 Å². The lowest BCUT2D eigenvalue weighted by Gasteiger charge is -2.24. The van der Waals surface area contributed by atoms with Crippen LogP contribution in [0.15, 0.2) is 35.6 Å². The van der Waals surface area contributed by atoms with Crippen molar-refractivity contribution >= 4 is 40.9 Å². The van der Waals surface area contributed by atoms with Gasteiger partial charge in [-0.2, -0.15) is 5.10 Å². The summed E-state index contributed by atoms with van der Waals surface area (Å²) in [5.41, 5.74) is 1.86. The first kappa shape index (κ1) is 12.1. The number of nitrogens with zero attached hydrogens (tertiary/aromatic N) is 3. The van der Waals surface area contributed by atoms with Gasteiger partial charge in [0.05, 0.1) is 17.6 Å². The minimum Gasteiger partial charge on any atom is -0.306 e. The van der Waals surface area contributed by atoms with Gasteiger partial charge in [-0.05, 0) is 11.6 Å². The maximum atomic E-state index is 11.8. The summed E-state index contributed by atoms with van der Waals surface area (Å²) in [4.78, 5) is 16.6. The summed E-state index contributed by atoms with van der Waals surface area (Å²) in [5, 5.41) is 8.31. The minimum atomic E-state index is -0.245. The fourth-order valence-electron chi connectivity index (χ4n) is 1.74. The van der Waals surface area contributed by atoms with Crippen LogP contribution in [-0.2, 0) is 6.54 Å².